The molecule has 5 heteroatoms. The minimum atomic E-state index is -0.331. The number of carbonyl (C=O) groups is 2. The molecule has 1 aliphatic heterocycles. The van der Waals surface area contributed by atoms with E-state index in [4.69, 9.17) is 11.6 Å². The Hall–Kier alpha value is -2.72. The number of fused-ring (bicyclic) bond motifs is 2. The highest BCUT2D eigenvalue weighted by atomic mass is 35.5. The van der Waals surface area contributed by atoms with Crippen molar-refractivity contribution in [3.8, 4) is 0 Å². The number of carbonyl (C=O) groups excluding carboxylic acids is 2. The van der Waals surface area contributed by atoms with Crippen molar-refractivity contribution in [1.82, 2.24) is 4.98 Å². The summed E-state index contributed by atoms with van der Waals surface area (Å²) in [4.78, 5) is 31.4. The van der Waals surface area contributed by atoms with E-state index in [2.05, 4.69) is 4.98 Å². The zero-order chi connectivity index (χ0) is 16.8. The maximum absolute atomic E-state index is 12.8. The van der Waals surface area contributed by atoms with Gasteiger partial charge in [0.2, 0.25) is 0 Å². The van der Waals surface area contributed by atoms with E-state index in [0.717, 1.165) is 16.5 Å². The van der Waals surface area contributed by atoms with Crippen LogP contribution in [0.15, 0.2) is 48.5 Å². The van der Waals surface area contributed by atoms with Gasteiger partial charge in [-0.05, 0) is 30.7 Å². The minimum Gasteiger partial charge on any atom is -0.268 e. The fourth-order valence-corrected chi connectivity index (χ4v) is 3.40. The summed E-state index contributed by atoms with van der Waals surface area (Å²) in [6.07, 6.45) is 0. The summed E-state index contributed by atoms with van der Waals surface area (Å²) in [5, 5.41) is 0.901. The van der Waals surface area contributed by atoms with Crippen molar-refractivity contribution in [3.05, 3.63) is 70.9 Å². The summed E-state index contributed by atoms with van der Waals surface area (Å²) < 4.78 is 0. The number of benzene rings is 2. The topological polar surface area (TPSA) is 50.3 Å². The fourth-order valence-electron chi connectivity index (χ4n) is 3.21. The molecule has 0 aliphatic carbocycles. The van der Waals surface area contributed by atoms with Crippen molar-refractivity contribution in [2.45, 2.75) is 12.8 Å². The van der Waals surface area contributed by atoms with Gasteiger partial charge in [0.05, 0.1) is 33.9 Å². The summed E-state index contributed by atoms with van der Waals surface area (Å²) in [6, 6.07) is 14.5. The van der Waals surface area contributed by atoms with Crippen molar-refractivity contribution in [3.63, 3.8) is 0 Å². The van der Waals surface area contributed by atoms with Crippen LogP contribution >= 0.6 is 11.6 Å². The van der Waals surface area contributed by atoms with Crippen LogP contribution in [0.25, 0.3) is 10.9 Å². The van der Waals surface area contributed by atoms with Crippen molar-refractivity contribution in [2.24, 2.45) is 0 Å². The smallest absolute Gasteiger partial charge is 0.266 e. The number of alkyl halides is 1. The van der Waals surface area contributed by atoms with Crippen molar-refractivity contribution < 1.29 is 9.59 Å². The molecule has 0 radical (unpaired) electrons. The van der Waals surface area contributed by atoms with Gasteiger partial charge in [-0.15, -0.1) is 11.6 Å². The summed E-state index contributed by atoms with van der Waals surface area (Å²) in [5.74, 6) is -0.543. The molecule has 0 fully saturated rings. The number of hydrogen-bond donors (Lipinski definition) is 0. The highest BCUT2D eigenvalue weighted by molar-refractivity contribution is 6.35. The lowest BCUT2D eigenvalue weighted by atomic mass is 10.1. The number of halogens is 1. The van der Waals surface area contributed by atoms with E-state index in [1.165, 1.54) is 4.90 Å². The Labute approximate surface area is 143 Å². The number of nitrogens with zero attached hydrogens (tertiary/aromatic N) is 2. The summed E-state index contributed by atoms with van der Waals surface area (Å²) in [7, 11) is 0. The van der Waals surface area contributed by atoms with Gasteiger partial charge in [0, 0.05) is 5.39 Å². The first-order valence-electron chi connectivity index (χ1n) is 7.55. The van der Waals surface area contributed by atoms with Gasteiger partial charge in [0.15, 0.2) is 0 Å². The largest absolute Gasteiger partial charge is 0.268 e. The van der Waals surface area contributed by atoms with Crippen molar-refractivity contribution in [2.75, 3.05) is 4.90 Å². The van der Waals surface area contributed by atoms with Gasteiger partial charge < -0.3 is 0 Å². The second-order valence-corrected chi connectivity index (χ2v) is 5.94. The third-order valence-corrected chi connectivity index (χ3v) is 4.59. The number of imide groups is 1. The molecule has 2 aromatic carbocycles. The van der Waals surface area contributed by atoms with E-state index >= 15 is 0 Å². The lowest BCUT2D eigenvalue weighted by Crippen LogP contribution is -2.31. The minimum absolute atomic E-state index is 0.119. The molecule has 0 unspecified atom stereocenters. The molecular weight excluding hydrogens is 324 g/mol. The average molecular weight is 337 g/mol. The van der Waals surface area contributed by atoms with Crippen LogP contribution in [0.5, 0.6) is 0 Å². The van der Waals surface area contributed by atoms with Crippen LogP contribution < -0.4 is 4.90 Å². The van der Waals surface area contributed by atoms with Crippen LogP contribution in [0, 0.1) is 6.92 Å². The number of aromatic nitrogens is 1. The van der Waals surface area contributed by atoms with Crippen LogP contribution in [-0.2, 0) is 5.88 Å². The third kappa shape index (κ3) is 1.96. The molecule has 2 amide bonds. The highest BCUT2D eigenvalue weighted by Gasteiger charge is 2.38. The molecular formula is C19H13ClN2O2. The predicted molar refractivity (Wildman–Crippen MR) is 93.6 cm³/mol. The molecule has 0 N–H and O–H groups in total. The molecule has 4 rings (SSSR count). The Bertz CT molecular complexity index is 978. The van der Waals surface area contributed by atoms with Gasteiger partial charge in [0.25, 0.3) is 11.8 Å². The normalized spacial score (nSPS) is 13.7. The lowest BCUT2D eigenvalue weighted by Gasteiger charge is -2.20. The first-order valence-corrected chi connectivity index (χ1v) is 8.09. The molecule has 0 saturated carbocycles. The Kier molecular flexibility index (Phi) is 3.36. The van der Waals surface area contributed by atoms with Gasteiger partial charge >= 0.3 is 0 Å². The standard InChI is InChI=1S/C19H13ClN2O2/c1-11-12-6-4-5-9-15(12)21-16(10-20)17(11)22-18(23)13-7-2-3-8-14(13)19(22)24/h2-9H,10H2,1H3. The molecule has 0 spiro atoms. The monoisotopic (exact) mass is 336 g/mol. The molecule has 0 bridgehead atoms. The second-order valence-electron chi connectivity index (χ2n) is 5.67. The quantitative estimate of drug-likeness (QED) is 0.523. The molecule has 4 nitrogen and oxygen atoms in total. The second kappa shape index (κ2) is 5.42. The predicted octanol–water partition coefficient (Wildman–Crippen LogP) is 4.08. The highest BCUT2D eigenvalue weighted by Crippen LogP contribution is 2.36. The number of aryl methyl sites for hydroxylation is 1. The molecule has 24 heavy (non-hydrogen) atoms. The maximum Gasteiger partial charge on any atom is 0.266 e. The van der Waals surface area contributed by atoms with Crippen LogP contribution in [0.1, 0.15) is 32.0 Å². The first-order chi connectivity index (χ1) is 11.6. The lowest BCUT2D eigenvalue weighted by molar-refractivity contribution is 0.0925. The van der Waals surface area contributed by atoms with Crippen molar-refractivity contribution in [1.29, 1.82) is 0 Å². The molecule has 118 valence electrons. The number of anilines is 1. The Balaban J connectivity index is 1.99. The molecule has 1 aromatic heterocycles. The molecule has 3 aromatic rings. The average Bonchev–Trinajstić information content (AvgIpc) is 2.86. The molecule has 1 aliphatic rings. The van der Waals surface area contributed by atoms with Gasteiger partial charge in [-0.1, -0.05) is 30.3 Å². The Morgan fingerprint density at radius 1 is 0.958 bits per heavy atom. The zero-order valence-electron chi connectivity index (χ0n) is 12.9. The zero-order valence-corrected chi connectivity index (χ0v) is 13.7. The third-order valence-electron chi connectivity index (χ3n) is 4.34. The van der Waals surface area contributed by atoms with Gasteiger partial charge in [-0.2, -0.15) is 0 Å². The number of hydrogen-bond acceptors (Lipinski definition) is 3. The number of pyridine rings is 1. The van der Waals surface area contributed by atoms with Gasteiger partial charge in [-0.25, -0.2) is 9.88 Å². The van der Waals surface area contributed by atoms with Crippen molar-refractivity contribution >= 4 is 40.0 Å². The summed E-state index contributed by atoms with van der Waals surface area (Å²) >= 11 is 6.08. The molecule has 0 saturated heterocycles. The van der Waals surface area contributed by atoms with E-state index in [0.29, 0.717) is 22.5 Å². The van der Waals surface area contributed by atoms with Gasteiger partial charge in [-0.3, -0.25) is 9.59 Å². The first kappa shape index (κ1) is 14.8. The number of para-hydroxylation sites is 1. The fraction of sp³-hybridized carbons (Fsp3) is 0.105. The van der Waals surface area contributed by atoms with E-state index < -0.39 is 0 Å². The number of amides is 2. The van der Waals surface area contributed by atoms with Crippen LogP contribution in [0.4, 0.5) is 5.69 Å². The van der Waals surface area contributed by atoms with Gasteiger partial charge in [0.1, 0.15) is 0 Å². The van der Waals surface area contributed by atoms with E-state index in [9.17, 15) is 9.59 Å². The molecule has 2 heterocycles. The van der Waals surface area contributed by atoms with E-state index in [-0.39, 0.29) is 17.7 Å². The van der Waals surface area contributed by atoms with Crippen LogP contribution in [-0.4, -0.2) is 16.8 Å². The number of rotatable bonds is 2. The SMILES string of the molecule is Cc1c(N2C(=O)c3ccccc3C2=O)c(CCl)nc2ccccc12. The van der Waals surface area contributed by atoms with Crippen LogP contribution in [0.2, 0.25) is 0 Å². The van der Waals surface area contributed by atoms with E-state index in [1.54, 1.807) is 24.3 Å². The Morgan fingerprint density at radius 2 is 1.54 bits per heavy atom. The maximum atomic E-state index is 12.8. The van der Waals surface area contributed by atoms with E-state index in [1.807, 2.05) is 31.2 Å². The summed E-state index contributed by atoms with van der Waals surface area (Å²) in [5.41, 5.74) is 3.47. The Morgan fingerprint density at radius 3 is 2.17 bits per heavy atom. The molecule has 0 atom stereocenters. The van der Waals surface area contributed by atoms with Crippen LogP contribution in [0.3, 0.4) is 0 Å². The summed E-state index contributed by atoms with van der Waals surface area (Å²) in [6.45, 7) is 1.89.